The molecule has 1 N–H and O–H groups in total. The Bertz CT molecular complexity index is 656. The highest BCUT2D eigenvalue weighted by molar-refractivity contribution is 7.92. The molecular weight excluding hydrogens is 277 g/mol. The highest BCUT2D eigenvalue weighted by Crippen LogP contribution is 2.18. The van der Waals surface area contributed by atoms with Crippen molar-refractivity contribution in [1.29, 1.82) is 0 Å². The van der Waals surface area contributed by atoms with Crippen molar-refractivity contribution in [3.8, 4) is 0 Å². The largest absolute Gasteiger partial charge is 0.280 e. The highest BCUT2D eigenvalue weighted by Gasteiger charge is 2.13. The number of hydrogen-bond acceptors (Lipinski definition) is 2. The van der Waals surface area contributed by atoms with Gasteiger partial charge in [-0.15, -0.1) is 0 Å². The van der Waals surface area contributed by atoms with Crippen LogP contribution in [0.4, 0.5) is 10.1 Å². The molecule has 18 heavy (non-hydrogen) atoms. The zero-order valence-electron chi connectivity index (χ0n) is 9.10. The van der Waals surface area contributed by atoms with Crippen LogP contribution >= 0.6 is 11.6 Å². The van der Waals surface area contributed by atoms with Crippen LogP contribution in [0.2, 0.25) is 5.02 Å². The molecule has 0 aliphatic rings. The Morgan fingerprint density at radius 1 is 1.06 bits per heavy atom. The van der Waals surface area contributed by atoms with Gasteiger partial charge < -0.3 is 0 Å². The van der Waals surface area contributed by atoms with Gasteiger partial charge in [0, 0.05) is 5.02 Å². The van der Waals surface area contributed by atoms with Crippen molar-refractivity contribution in [3.63, 3.8) is 0 Å². The fourth-order valence-electron chi connectivity index (χ4n) is 1.38. The predicted molar refractivity (Wildman–Crippen MR) is 68.7 cm³/mol. The Hall–Kier alpha value is -1.59. The standard InChI is InChI=1S/C12H9ClFNO2S/c13-9-4-6-12(7-5-9)18(16,17)15-11-3-1-2-10(14)8-11/h1-8,15H. The summed E-state index contributed by atoms with van der Waals surface area (Å²) in [5, 5.41) is 0.444. The van der Waals surface area contributed by atoms with Crippen LogP contribution in [0, 0.1) is 5.82 Å². The first-order valence-electron chi connectivity index (χ1n) is 5.01. The van der Waals surface area contributed by atoms with E-state index in [9.17, 15) is 12.8 Å². The molecular formula is C12H9ClFNO2S. The Kier molecular flexibility index (Phi) is 3.54. The SMILES string of the molecule is O=S(=O)(Nc1cccc(F)c1)c1ccc(Cl)cc1. The zero-order chi connectivity index (χ0) is 13.2. The van der Waals surface area contributed by atoms with Crippen LogP contribution in [0.1, 0.15) is 0 Å². The molecule has 2 aromatic carbocycles. The summed E-state index contributed by atoms with van der Waals surface area (Å²) in [7, 11) is -3.72. The number of sulfonamides is 1. The number of rotatable bonds is 3. The first-order chi connectivity index (χ1) is 8.47. The zero-order valence-corrected chi connectivity index (χ0v) is 10.7. The van der Waals surface area contributed by atoms with E-state index in [0.717, 1.165) is 6.07 Å². The third kappa shape index (κ3) is 3.00. The lowest BCUT2D eigenvalue weighted by Gasteiger charge is -2.07. The maximum Gasteiger partial charge on any atom is 0.261 e. The van der Waals surface area contributed by atoms with E-state index >= 15 is 0 Å². The van der Waals surface area contributed by atoms with Gasteiger partial charge in [0.25, 0.3) is 10.0 Å². The van der Waals surface area contributed by atoms with Gasteiger partial charge in [0.2, 0.25) is 0 Å². The summed E-state index contributed by atoms with van der Waals surface area (Å²) in [5.74, 6) is -0.508. The van der Waals surface area contributed by atoms with Crippen molar-refractivity contribution in [2.45, 2.75) is 4.90 Å². The molecule has 0 amide bonds. The lowest BCUT2D eigenvalue weighted by molar-refractivity contribution is 0.601. The van der Waals surface area contributed by atoms with E-state index in [1.807, 2.05) is 0 Å². The quantitative estimate of drug-likeness (QED) is 0.941. The smallest absolute Gasteiger partial charge is 0.261 e. The van der Waals surface area contributed by atoms with Crippen molar-refractivity contribution in [2.75, 3.05) is 4.72 Å². The van der Waals surface area contributed by atoms with Crippen LogP contribution in [0.15, 0.2) is 53.4 Å². The van der Waals surface area contributed by atoms with Gasteiger partial charge in [-0.1, -0.05) is 17.7 Å². The second kappa shape index (κ2) is 4.96. The van der Waals surface area contributed by atoms with Gasteiger partial charge in [-0.05, 0) is 42.5 Å². The molecule has 0 atom stereocenters. The first kappa shape index (κ1) is 12.9. The lowest BCUT2D eigenvalue weighted by atomic mass is 10.3. The normalized spacial score (nSPS) is 11.2. The molecule has 0 unspecified atom stereocenters. The molecule has 2 rings (SSSR count). The molecule has 2 aromatic rings. The van der Waals surface area contributed by atoms with Crippen molar-refractivity contribution in [3.05, 3.63) is 59.4 Å². The molecule has 0 bridgehead atoms. The minimum absolute atomic E-state index is 0.0659. The highest BCUT2D eigenvalue weighted by atomic mass is 35.5. The lowest BCUT2D eigenvalue weighted by Crippen LogP contribution is -2.12. The van der Waals surface area contributed by atoms with E-state index in [1.54, 1.807) is 0 Å². The molecule has 0 saturated heterocycles. The average Bonchev–Trinajstić information content (AvgIpc) is 2.29. The molecule has 0 aliphatic heterocycles. The molecule has 6 heteroatoms. The maximum absolute atomic E-state index is 12.9. The van der Waals surface area contributed by atoms with E-state index < -0.39 is 15.8 Å². The summed E-state index contributed by atoms with van der Waals surface area (Å²) in [4.78, 5) is 0.0659. The third-order valence-electron chi connectivity index (χ3n) is 2.20. The molecule has 0 heterocycles. The molecule has 0 aliphatic carbocycles. The van der Waals surface area contributed by atoms with Gasteiger partial charge in [-0.3, -0.25) is 4.72 Å². The van der Waals surface area contributed by atoms with Gasteiger partial charge in [-0.25, -0.2) is 12.8 Å². The van der Waals surface area contributed by atoms with Crippen molar-refractivity contribution in [2.24, 2.45) is 0 Å². The van der Waals surface area contributed by atoms with Gasteiger partial charge in [-0.2, -0.15) is 0 Å². The van der Waals surface area contributed by atoms with Crippen LogP contribution in [0.5, 0.6) is 0 Å². The molecule has 0 spiro atoms. The molecule has 0 radical (unpaired) electrons. The molecule has 94 valence electrons. The fraction of sp³-hybridized carbons (Fsp3) is 0. The Labute approximate surface area is 109 Å². The summed E-state index contributed by atoms with van der Waals surface area (Å²) in [6, 6.07) is 10.9. The number of hydrogen-bond donors (Lipinski definition) is 1. The topological polar surface area (TPSA) is 46.2 Å². The molecule has 3 nitrogen and oxygen atoms in total. The molecule has 0 saturated carbocycles. The monoisotopic (exact) mass is 285 g/mol. The Balaban J connectivity index is 2.30. The second-order valence-electron chi connectivity index (χ2n) is 3.57. The molecule has 0 fully saturated rings. The second-order valence-corrected chi connectivity index (χ2v) is 5.69. The van der Waals surface area contributed by atoms with E-state index in [4.69, 9.17) is 11.6 Å². The summed E-state index contributed by atoms with van der Waals surface area (Å²) in [5.41, 5.74) is 0.171. The summed E-state index contributed by atoms with van der Waals surface area (Å²) >= 11 is 5.68. The van der Waals surface area contributed by atoms with Gasteiger partial charge in [0.15, 0.2) is 0 Å². The van der Waals surface area contributed by atoms with E-state index in [2.05, 4.69) is 4.72 Å². The summed E-state index contributed by atoms with van der Waals surface area (Å²) in [6.07, 6.45) is 0. The average molecular weight is 286 g/mol. The van der Waals surface area contributed by atoms with E-state index in [0.29, 0.717) is 5.02 Å². The predicted octanol–water partition coefficient (Wildman–Crippen LogP) is 3.28. The fourth-order valence-corrected chi connectivity index (χ4v) is 2.56. The van der Waals surface area contributed by atoms with Crippen LogP contribution in [-0.2, 0) is 10.0 Å². The minimum atomic E-state index is -3.72. The van der Waals surface area contributed by atoms with E-state index in [-0.39, 0.29) is 10.6 Å². The van der Waals surface area contributed by atoms with Crippen LogP contribution in [0.3, 0.4) is 0 Å². The minimum Gasteiger partial charge on any atom is -0.280 e. The number of anilines is 1. The van der Waals surface area contributed by atoms with Crippen molar-refractivity contribution < 1.29 is 12.8 Å². The summed E-state index contributed by atoms with van der Waals surface area (Å²) in [6.45, 7) is 0. The van der Waals surface area contributed by atoms with Crippen LogP contribution < -0.4 is 4.72 Å². The summed E-state index contributed by atoms with van der Waals surface area (Å²) < 4.78 is 39.1. The Morgan fingerprint density at radius 3 is 2.33 bits per heavy atom. The molecule has 0 aromatic heterocycles. The van der Waals surface area contributed by atoms with Gasteiger partial charge in [0.1, 0.15) is 5.82 Å². The number of nitrogens with one attached hydrogen (secondary N) is 1. The van der Waals surface area contributed by atoms with Crippen LogP contribution in [0.25, 0.3) is 0 Å². The Morgan fingerprint density at radius 2 is 1.72 bits per heavy atom. The van der Waals surface area contributed by atoms with E-state index in [1.165, 1.54) is 42.5 Å². The first-order valence-corrected chi connectivity index (χ1v) is 6.87. The third-order valence-corrected chi connectivity index (χ3v) is 3.85. The van der Waals surface area contributed by atoms with Crippen LogP contribution in [-0.4, -0.2) is 8.42 Å². The van der Waals surface area contributed by atoms with Gasteiger partial charge >= 0.3 is 0 Å². The number of halogens is 2. The van der Waals surface area contributed by atoms with Crippen molar-refractivity contribution in [1.82, 2.24) is 0 Å². The number of benzene rings is 2. The maximum atomic E-state index is 12.9. The van der Waals surface area contributed by atoms with Gasteiger partial charge in [0.05, 0.1) is 10.6 Å². The van der Waals surface area contributed by atoms with Crippen molar-refractivity contribution >= 4 is 27.3 Å².